The van der Waals surface area contributed by atoms with Crippen LogP contribution in [0, 0.1) is 11.6 Å². The number of nitrogens with zero attached hydrogens (tertiary/aromatic N) is 2. The number of fused-ring (bicyclic) bond motifs is 1. The molecule has 31 heavy (non-hydrogen) atoms. The van der Waals surface area contributed by atoms with E-state index in [-0.39, 0.29) is 10.6 Å². The van der Waals surface area contributed by atoms with E-state index in [9.17, 15) is 22.0 Å². The first kappa shape index (κ1) is 21.0. The zero-order valence-corrected chi connectivity index (χ0v) is 17.3. The maximum absolute atomic E-state index is 13.8. The van der Waals surface area contributed by atoms with Crippen LogP contribution in [0.25, 0.3) is 0 Å². The molecule has 1 aliphatic heterocycles. The Hall–Kier alpha value is -3.30. The highest BCUT2D eigenvalue weighted by atomic mass is 35.5. The van der Waals surface area contributed by atoms with E-state index in [1.165, 1.54) is 18.2 Å². The van der Waals surface area contributed by atoms with Gasteiger partial charge in [0.25, 0.3) is 10.0 Å². The number of carbonyl (C=O) groups excluding carboxylic acids is 1. The molecule has 1 N–H and O–H groups in total. The van der Waals surface area contributed by atoms with Crippen molar-refractivity contribution in [1.29, 1.82) is 0 Å². The number of carbonyl (C=O) groups is 1. The zero-order chi connectivity index (χ0) is 22.2. The molecule has 0 aliphatic carbocycles. The second kappa shape index (κ2) is 8.09. The number of hydrogen-bond donors (Lipinski definition) is 1. The van der Waals surface area contributed by atoms with Crippen molar-refractivity contribution >= 4 is 38.9 Å². The van der Waals surface area contributed by atoms with Gasteiger partial charge >= 0.3 is 0 Å². The smallest absolute Gasteiger partial charge is 0.280 e. The van der Waals surface area contributed by atoms with Gasteiger partial charge in [-0.3, -0.25) is 4.79 Å². The molecule has 0 saturated heterocycles. The first-order chi connectivity index (χ1) is 14.8. The summed E-state index contributed by atoms with van der Waals surface area (Å²) in [6.07, 6.45) is 0. The highest BCUT2D eigenvalue weighted by molar-refractivity contribution is 7.89. The van der Waals surface area contributed by atoms with Crippen molar-refractivity contribution in [3.05, 3.63) is 94.5 Å². The Kier molecular flexibility index (Phi) is 5.47. The highest BCUT2D eigenvalue weighted by Crippen LogP contribution is 2.31. The Bertz CT molecular complexity index is 1310. The molecule has 0 bridgehead atoms. The van der Waals surface area contributed by atoms with Crippen LogP contribution in [0.5, 0.6) is 0 Å². The standard InChI is InChI=1S/C21H14ClF2N3O3S/c22-14-6-9-19-16(10-14)21(13-4-2-1-3-5-13)26-27(31(19,29)30)12-20(28)25-18-8-7-15(23)11-17(18)24/h1-11H,12H2,(H,25,28). The van der Waals surface area contributed by atoms with E-state index in [1.807, 2.05) is 0 Å². The van der Waals surface area contributed by atoms with Crippen LogP contribution in [0.3, 0.4) is 0 Å². The minimum atomic E-state index is -4.17. The maximum Gasteiger partial charge on any atom is 0.280 e. The fourth-order valence-corrected chi connectivity index (χ4v) is 4.63. The van der Waals surface area contributed by atoms with Crippen LogP contribution in [0.2, 0.25) is 5.02 Å². The van der Waals surface area contributed by atoms with Crippen LogP contribution in [0.4, 0.5) is 14.5 Å². The molecule has 0 unspecified atom stereocenters. The van der Waals surface area contributed by atoms with Gasteiger partial charge < -0.3 is 5.32 Å². The van der Waals surface area contributed by atoms with Gasteiger partial charge in [0, 0.05) is 22.2 Å². The van der Waals surface area contributed by atoms with Crippen molar-refractivity contribution in [3.8, 4) is 0 Å². The van der Waals surface area contributed by atoms with Crippen LogP contribution < -0.4 is 5.32 Å². The molecule has 1 aliphatic rings. The van der Waals surface area contributed by atoms with E-state index < -0.39 is 34.1 Å². The molecular formula is C21H14ClF2N3O3S. The molecule has 1 amide bonds. The summed E-state index contributed by atoms with van der Waals surface area (Å²) in [4.78, 5) is 12.4. The molecule has 3 aromatic carbocycles. The second-order valence-corrected chi connectivity index (χ2v) is 8.86. The van der Waals surface area contributed by atoms with E-state index in [0.717, 1.165) is 12.1 Å². The lowest BCUT2D eigenvalue weighted by atomic mass is 10.0. The molecule has 0 spiro atoms. The number of hydrazone groups is 1. The molecule has 1 heterocycles. The quantitative estimate of drug-likeness (QED) is 0.637. The van der Waals surface area contributed by atoms with Gasteiger partial charge in [-0.15, -0.1) is 0 Å². The summed E-state index contributed by atoms with van der Waals surface area (Å²) >= 11 is 6.07. The summed E-state index contributed by atoms with van der Waals surface area (Å²) in [5.41, 5.74) is 0.963. The largest absolute Gasteiger partial charge is 0.322 e. The Balaban J connectivity index is 1.71. The van der Waals surface area contributed by atoms with Crippen LogP contribution in [0.1, 0.15) is 11.1 Å². The number of anilines is 1. The van der Waals surface area contributed by atoms with Crippen LogP contribution in [0.15, 0.2) is 76.7 Å². The van der Waals surface area contributed by atoms with Gasteiger partial charge in [-0.05, 0) is 30.3 Å². The Morgan fingerprint density at radius 1 is 1.03 bits per heavy atom. The van der Waals surface area contributed by atoms with Crippen molar-refractivity contribution in [3.63, 3.8) is 0 Å². The highest BCUT2D eigenvalue weighted by Gasteiger charge is 2.34. The summed E-state index contributed by atoms with van der Waals surface area (Å²) in [6, 6.07) is 15.7. The van der Waals surface area contributed by atoms with Crippen molar-refractivity contribution in [2.24, 2.45) is 5.10 Å². The van der Waals surface area contributed by atoms with Crippen LogP contribution in [-0.4, -0.2) is 31.0 Å². The van der Waals surface area contributed by atoms with Crippen molar-refractivity contribution in [2.45, 2.75) is 4.90 Å². The summed E-state index contributed by atoms with van der Waals surface area (Å²) in [7, 11) is -4.17. The fourth-order valence-electron chi connectivity index (χ4n) is 3.08. The summed E-state index contributed by atoms with van der Waals surface area (Å²) in [5, 5.41) is 6.76. The molecule has 0 fully saturated rings. The molecule has 6 nitrogen and oxygen atoms in total. The number of sulfonamides is 1. The second-order valence-electron chi connectivity index (χ2n) is 6.61. The van der Waals surface area contributed by atoms with E-state index in [0.29, 0.717) is 32.3 Å². The monoisotopic (exact) mass is 461 g/mol. The molecule has 158 valence electrons. The van der Waals surface area contributed by atoms with Gasteiger partial charge in [0.1, 0.15) is 23.9 Å². The molecule has 4 rings (SSSR count). The number of hydrogen-bond acceptors (Lipinski definition) is 4. The number of halogens is 3. The predicted molar refractivity (Wildman–Crippen MR) is 112 cm³/mol. The molecule has 0 aromatic heterocycles. The average Bonchev–Trinajstić information content (AvgIpc) is 2.72. The number of nitrogens with one attached hydrogen (secondary N) is 1. The van der Waals surface area contributed by atoms with Gasteiger partial charge in [-0.25, -0.2) is 8.78 Å². The minimum absolute atomic E-state index is 0.0634. The zero-order valence-electron chi connectivity index (χ0n) is 15.7. The lowest BCUT2D eigenvalue weighted by Crippen LogP contribution is -2.38. The van der Waals surface area contributed by atoms with Gasteiger partial charge in [0.15, 0.2) is 0 Å². The van der Waals surface area contributed by atoms with Crippen LogP contribution in [-0.2, 0) is 14.8 Å². The minimum Gasteiger partial charge on any atom is -0.322 e. The number of amides is 1. The van der Waals surface area contributed by atoms with E-state index in [4.69, 9.17) is 11.6 Å². The third kappa shape index (κ3) is 4.14. The van der Waals surface area contributed by atoms with Gasteiger partial charge in [-0.2, -0.15) is 17.9 Å². The molecule has 10 heteroatoms. The molecule has 3 aromatic rings. The summed E-state index contributed by atoms with van der Waals surface area (Å²) in [5.74, 6) is -2.63. The van der Waals surface area contributed by atoms with Crippen molar-refractivity contribution < 1.29 is 22.0 Å². The molecular weight excluding hydrogens is 448 g/mol. The van der Waals surface area contributed by atoms with Gasteiger partial charge in [0.2, 0.25) is 5.91 Å². The Morgan fingerprint density at radius 3 is 2.48 bits per heavy atom. The van der Waals surface area contributed by atoms with Crippen LogP contribution >= 0.6 is 11.6 Å². The average molecular weight is 462 g/mol. The number of rotatable bonds is 4. The summed E-state index contributed by atoms with van der Waals surface area (Å²) in [6.45, 7) is -0.711. The third-order valence-electron chi connectivity index (χ3n) is 4.49. The van der Waals surface area contributed by atoms with Crippen molar-refractivity contribution in [1.82, 2.24) is 4.41 Å². The lowest BCUT2D eigenvalue weighted by molar-refractivity contribution is -0.116. The van der Waals surface area contributed by atoms with E-state index in [2.05, 4.69) is 10.4 Å². The first-order valence-electron chi connectivity index (χ1n) is 8.97. The Morgan fingerprint density at radius 2 is 1.77 bits per heavy atom. The molecule has 0 radical (unpaired) electrons. The first-order valence-corrected chi connectivity index (χ1v) is 10.8. The summed E-state index contributed by atoms with van der Waals surface area (Å²) < 4.78 is 53.7. The van der Waals surface area contributed by atoms with Gasteiger partial charge in [0.05, 0.1) is 10.6 Å². The third-order valence-corrected chi connectivity index (χ3v) is 6.41. The number of benzene rings is 3. The van der Waals surface area contributed by atoms with E-state index in [1.54, 1.807) is 30.3 Å². The van der Waals surface area contributed by atoms with E-state index >= 15 is 0 Å². The fraction of sp³-hybridized carbons (Fsp3) is 0.0476. The SMILES string of the molecule is O=C(CN1N=C(c2ccccc2)c2cc(Cl)ccc2S1(=O)=O)Nc1ccc(F)cc1F. The topological polar surface area (TPSA) is 78.8 Å². The molecule has 0 atom stereocenters. The maximum atomic E-state index is 13.8. The lowest BCUT2D eigenvalue weighted by Gasteiger charge is -2.27. The normalized spacial score (nSPS) is 14.5. The predicted octanol–water partition coefficient (Wildman–Crippen LogP) is 4.01. The van der Waals surface area contributed by atoms with Crippen molar-refractivity contribution in [2.75, 3.05) is 11.9 Å². The molecule has 0 saturated carbocycles. The Labute approximate surface area is 181 Å². The van der Waals surface area contributed by atoms with Gasteiger partial charge in [-0.1, -0.05) is 41.9 Å².